The Kier molecular flexibility index (Phi) is 4.87. The summed E-state index contributed by atoms with van der Waals surface area (Å²) in [5.74, 6) is -1.94. The molecule has 0 aromatic heterocycles. The summed E-state index contributed by atoms with van der Waals surface area (Å²) in [6.45, 7) is 2.25. The Morgan fingerprint density at radius 2 is 1.86 bits per heavy atom. The second-order valence-corrected chi connectivity index (χ2v) is 4.67. The monoisotopic (exact) mass is 290 g/mol. The molecular formula is C16H16F2N2O. The van der Waals surface area contributed by atoms with Crippen molar-refractivity contribution >= 4 is 17.3 Å². The van der Waals surface area contributed by atoms with Crippen molar-refractivity contribution in [3.05, 3.63) is 59.7 Å². The molecule has 2 aromatic carbocycles. The lowest BCUT2D eigenvalue weighted by molar-refractivity contribution is -0.115. The Morgan fingerprint density at radius 1 is 1.10 bits per heavy atom. The molecular weight excluding hydrogens is 274 g/mol. The molecule has 110 valence electrons. The predicted molar refractivity (Wildman–Crippen MR) is 79.3 cm³/mol. The van der Waals surface area contributed by atoms with Gasteiger partial charge in [-0.05, 0) is 36.8 Å². The Bertz CT molecular complexity index is 644. The average molecular weight is 290 g/mol. The highest BCUT2D eigenvalue weighted by Gasteiger charge is 2.05. The third-order valence-electron chi connectivity index (χ3n) is 3.02. The first-order valence-corrected chi connectivity index (χ1v) is 6.60. The van der Waals surface area contributed by atoms with Crippen molar-refractivity contribution in [2.45, 2.75) is 13.3 Å². The maximum atomic E-state index is 13.0. The summed E-state index contributed by atoms with van der Waals surface area (Å²) < 4.78 is 25.8. The van der Waals surface area contributed by atoms with E-state index in [1.54, 1.807) is 0 Å². The zero-order chi connectivity index (χ0) is 15.2. The van der Waals surface area contributed by atoms with Gasteiger partial charge in [-0.1, -0.05) is 18.2 Å². The van der Waals surface area contributed by atoms with E-state index in [4.69, 9.17) is 0 Å². The number of nitrogens with one attached hydrogen (secondary N) is 2. The zero-order valence-corrected chi connectivity index (χ0v) is 11.6. The van der Waals surface area contributed by atoms with Crippen molar-refractivity contribution in [3.63, 3.8) is 0 Å². The van der Waals surface area contributed by atoms with E-state index in [-0.39, 0.29) is 12.3 Å². The summed E-state index contributed by atoms with van der Waals surface area (Å²) in [5, 5.41) is 5.68. The van der Waals surface area contributed by atoms with Gasteiger partial charge < -0.3 is 10.6 Å². The lowest BCUT2D eigenvalue weighted by atomic mass is 10.2. The molecule has 0 atom stereocenters. The number of carbonyl (C=O) groups is 1. The van der Waals surface area contributed by atoms with Crippen LogP contribution in [-0.2, 0) is 4.79 Å². The van der Waals surface area contributed by atoms with Crippen molar-refractivity contribution in [2.24, 2.45) is 0 Å². The summed E-state index contributed by atoms with van der Waals surface area (Å²) in [4.78, 5) is 11.8. The van der Waals surface area contributed by atoms with E-state index in [0.29, 0.717) is 12.2 Å². The quantitative estimate of drug-likeness (QED) is 0.881. The van der Waals surface area contributed by atoms with Gasteiger partial charge in [-0.25, -0.2) is 8.78 Å². The van der Waals surface area contributed by atoms with Crippen LogP contribution in [0, 0.1) is 18.6 Å². The van der Waals surface area contributed by atoms with Crippen molar-refractivity contribution in [2.75, 3.05) is 17.2 Å². The molecule has 2 rings (SSSR count). The molecule has 0 fully saturated rings. The minimum Gasteiger partial charge on any atom is -0.384 e. The van der Waals surface area contributed by atoms with Crippen molar-refractivity contribution in [1.82, 2.24) is 0 Å². The summed E-state index contributed by atoms with van der Waals surface area (Å²) >= 11 is 0. The zero-order valence-electron chi connectivity index (χ0n) is 11.6. The third kappa shape index (κ3) is 4.27. The number of halogens is 2. The number of amides is 1. The van der Waals surface area contributed by atoms with E-state index >= 15 is 0 Å². The first-order chi connectivity index (χ1) is 10.1. The van der Waals surface area contributed by atoms with Crippen LogP contribution in [0.25, 0.3) is 0 Å². The van der Waals surface area contributed by atoms with Gasteiger partial charge in [0.15, 0.2) is 11.6 Å². The lowest BCUT2D eigenvalue weighted by Crippen LogP contribution is -2.16. The van der Waals surface area contributed by atoms with Crippen LogP contribution in [0.3, 0.4) is 0 Å². The predicted octanol–water partition coefficient (Wildman–Crippen LogP) is 3.71. The molecule has 3 nitrogen and oxygen atoms in total. The van der Waals surface area contributed by atoms with Crippen molar-refractivity contribution in [1.29, 1.82) is 0 Å². The number of carbonyl (C=O) groups excluding carboxylic acids is 1. The van der Waals surface area contributed by atoms with Gasteiger partial charge in [0, 0.05) is 24.3 Å². The van der Waals surface area contributed by atoms with Gasteiger partial charge in [0.1, 0.15) is 0 Å². The highest BCUT2D eigenvalue weighted by molar-refractivity contribution is 5.91. The van der Waals surface area contributed by atoms with Crippen LogP contribution >= 0.6 is 0 Å². The van der Waals surface area contributed by atoms with Crippen LogP contribution in [0.4, 0.5) is 20.2 Å². The van der Waals surface area contributed by atoms with Crippen LogP contribution in [0.5, 0.6) is 0 Å². The van der Waals surface area contributed by atoms with Crippen molar-refractivity contribution < 1.29 is 13.6 Å². The van der Waals surface area contributed by atoms with E-state index in [1.165, 1.54) is 6.07 Å². The molecule has 0 heterocycles. The van der Waals surface area contributed by atoms with Gasteiger partial charge >= 0.3 is 0 Å². The molecule has 2 aromatic rings. The second-order valence-electron chi connectivity index (χ2n) is 4.67. The fourth-order valence-corrected chi connectivity index (χ4v) is 1.85. The van der Waals surface area contributed by atoms with E-state index in [1.807, 2.05) is 31.2 Å². The maximum absolute atomic E-state index is 13.0. The minimum absolute atomic E-state index is 0.139. The van der Waals surface area contributed by atoms with Gasteiger partial charge in [0.2, 0.25) is 5.91 Å². The van der Waals surface area contributed by atoms with Crippen LogP contribution < -0.4 is 10.6 Å². The molecule has 0 bridgehead atoms. The molecule has 2 N–H and O–H groups in total. The van der Waals surface area contributed by atoms with E-state index in [2.05, 4.69) is 10.6 Å². The number of rotatable bonds is 5. The van der Waals surface area contributed by atoms with E-state index in [0.717, 1.165) is 23.4 Å². The SMILES string of the molecule is Cc1ccccc1NC(=O)CCNc1ccc(F)c(F)c1. The average Bonchev–Trinajstić information content (AvgIpc) is 2.45. The summed E-state index contributed by atoms with van der Waals surface area (Å²) in [5.41, 5.74) is 2.20. The topological polar surface area (TPSA) is 41.1 Å². The Labute approximate surface area is 122 Å². The molecule has 0 saturated heterocycles. The molecule has 0 radical (unpaired) electrons. The number of benzene rings is 2. The van der Waals surface area contributed by atoms with Gasteiger partial charge in [-0.3, -0.25) is 4.79 Å². The Morgan fingerprint density at radius 3 is 2.57 bits per heavy atom. The van der Waals surface area contributed by atoms with Gasteiger partial charge in [0.25, 0.3) is 0 Å². The fraction of sp³-hybridized carbons (Fsp3) is 0.188. The maximum Gasteiger partial charge on any atom is 0.226 e. The Hall–Kier alpha value is -2.43. The number of hydrogen-bond acceptors (Lipinski definition) is 2. The van der Waals surface area contributed by atoms with Crippen LogP contribution in [0.1, 0.15) is 12.0 Å². The number of aryl methyl sites for hydroxylation is 1. The summed E-state index contributed by atoms with van der Waals surface area (Å²) in [7, 11) is 0. The molecule has 1 amide bonds. The largest absolute Gasteiger partial charge is 0.384 e. The molecule has 0 saturated carbocycles. The van der Waals surface area contributed by atoms with Crippen LogP contribution in [0.2, 0.25) is 0 Å². The lowest BCUT2D eigenvalue weighted by Gasteiger charge is -2.09. The number of hydrogen-bond donors (Lipinski definition) is 2. The molecule has 0 aliphatic heterocycles. The fourth-order valence-electron chi connectivity index (χ4n) is 1.85. The van der Waals surface area contributed by atoms with Gasteiger partial charge in [-0.2, -0.15) is 0 Å². The molecule has 0 aliphatic carbocycles. The first kappa shape index (κ1) is 15.0. The summed E-state index contributed by atoms with van der Waals surface area (Å²) in [6.07, 6.45) is 0.229. The number of para-hydroxylation sites is 1. The molecule has 5 heteroatoms. The van der Waals surface area contributed by atoms with Gasteiger partial charge in [0.05, 0.1) is 0 Å². The van der Waals surface area contributed by atoms with E-state index in [9.17, 15) is 13.6 Å². The Balaban J connectivity index is 1.82. The standard InChI is InChI=1S/C16H16F2N2O/c1-11-4-2-3-5-15(11)20-16(21)8-9-19-12-6-7-13(17)14(18)10-12/h2-7,10,19H,8-9H2,1H3,(H,20,21). The van der Waals surface area contributed by atoms with Crippen molar-refractivity contribution in [3.8, 4) is 0 Å². The first-order valence-electron chi connectivity index (χ1n) is 6.60. The second kappa shape index (κ2) is 6.83. The minimum atomic E-state index is -0.913. The molecule has 0 spiro atoms. The molecule has 0 aliphatic rings. The highest BCUT2D eigenvalue weighted by Crippen LogP contribution is 2.14. The smallest absolute Gasteiger partial charge is 0.226 e. The highest BCUT2D eigenvalue weighted by atomic mass is 19.2. The normalized spacial score (nSPS) is 10.2. The molecule has 0 unspecified atom stereocenters. The van der Waals surface area contributed by atoms with Crippen LogP contribution in [-0.4, -0.2) is 12.5 Å². The molecule has 21 heavy (non-hydrogen) atoms. The third-order valence-corrected chi connectivity index (χ3v) is 3.02. The van der Waals surface area contributed by atoms with E-state index < -0.39 is 11.6 Å². The van der Waals surface area contributed by atoms with Gasteiger partial charge in [-0.15, -0.1) is 0 Å². The van der Waals surface area contributed by atoms with Crippen LogP contribution in [0.15, 0.2) is 42.5 Å². The summed E-state index contributed by atoms with van der Waals surface area (Å²) in [6, 6.07) is 11.0. The number of anilines is 2.